The third-order valence-electron chi connectivity index (χ3n) is 4.30. The fraction of sp³-hybridized carbons (Fsp3) is 0.545. The van der Waals surface area contributed by atoms with Crippen molar-refractivity contribution < 1.29 is 23.9 Å². The van der Waals surface area contributed by atoms with E-state index in [4.69, 9.17) is 4.74 Å². The Morgan fingerprint density at radius 2 is 1.63 bits per heavy atom. The number of likely N-dealkylation sites (N-methyl/N-ethyl adjacent to an activating group) is 1. The molecule has 2 atom stereocenters. The van der Waals surface area contributed by atoms with E-state index in [2.05, 4.69) is 16.0 Å². The summed E-state index contributed by atoms with van der Waals surface area (Å²) in [5.74, 6) is -1.83. The maximum absolute atomic E-state index is 12.8. The summed E-state index contributed by atoms with van der Waals surface area (Å²) in [5, 5.41) is 7.65. The first-order chi connectivity index (χ1) is 14.3. The van der Waals surface area contributed by atoms with E-state index >= 15 is 0 Å². The summed E-state index contributed by atoms with van der Waals surface area (Å²) < 4.78 is 5.20. The second-order valence-electron chi connectivity index (χ2n) is 7.46. The second kappa shape index (κ2) is 13.3. The highest BCUT2D eigenvalue weighted by molar-refractivity contribution is 6.38. The molecule has 0 aliphatic rings. The topological polar surface area (TPSA) is 114 Å². The zero-order valence-electron chi connectivity index (χ0n) is 18.2. The largest absolute Gasteiger partial charge is 0.445 e. The van der Waals surface area contributed by atoms with Crippen molar-refractivity contribution in [2.45, 2.75) is 65.6 Å². The van der Waals surface area contributed by atoms with Crippen molar-refractivity contribution in [2.75, 3.05) is 6.54 Å². The van der Waals surface area contributed by atoms with Crippen molar-refractivity contribution in [2.24, 2.45) is 5.92 Å². The maximum atomic E-state index is 12.8. The molecule has 0 saturated heterocycles. The van der Waals surface area contributed by atoms with Crippen molar-refractivity contribution in [3.8, 4) is 0 Å². The van der Waals surface area contributed by atoms with E-state index in [0.29, 0.717) is 25.8 Å². The van der Waals surface area contributed by atoms with Crippen LogP contribution in [0.5, 0.6) is 0 Å². The molecule has 8 nitrogen and oxygen atoms in total. The molecule has 3 amide bonds. The third kappa shape index (κ3) is 9.07. The number of hydrogen-bond donors (Lipinski definition) is 3. The molecule has 3 N–H and O–H groups in total. The lowest BCUT2D eigenvalue weighted by molar-refractivity contribution is -0.140. The molecule has 0 bridgehead atoms. The maximum Gasteiger partial charge on any atom is 0.408 e. The molecule has 166 valence electrons. The van der Waals surface area contributed by atoms with E-state index in [9.17, 15) is 19.2 Å². The number of benzene rings is 1. The molecular weight excluding hydrogens is 386 g/mol. The summed E-state index contributed by atoms with van der Waals surface area (Å²) in [6, 6.07) is 7.37. The van der Waals surface area contributed by atoms with Crippen LogP contribution in [0.4, 0.5) is 4.79 Å². The summed E-state index contributed by atoms with van der Waals surface area (Å²) in [7, 11) is 0. The van der Waals surface area contributed by atoms with Crippen LogP contribution in [0.15, 0.2) is 30.3 Å². The summed E-state index contributed by atoms with van der Waals surface area (Å²) in [6.45, 7) is 7.80. The SMILES string of the molecule is CCCC(NC(=O)C(CC(C)C)NC(=O)OCc1ccccc1)C(=O)C(=O)NCC. The number of alkyl carbamates (subject to hydrolysis) is 1. The van der Waals surface area contributed by atoms with E-state index in [-0.39, 0.29) is 12.5 Å². The van der Waals surface area contributed by atoms with E-state index in [0.717, 1.165) is 5.56 Å². The van der Waals surface area contributed by atoms with Gasteiger partial charge in [0.15, 0.2) is 0 Å². The van der Waals surface area contributed by atoms with Gasteiger partial charge in [-0.2, -0.15) is 0 Å². The van der Waals surface area contributed by atoms with Gasteiger partial charge in [0.25, 0.3) is 5.91 Å². The van der Waals surface area contributed by atoms with Gasteiger partial charge in [-0.15, -0.1) is 0 Å². The fourth-order valence-corrected chi connectivity index (χ4v) is 2.85. The first kappa shape index (κ1) is 25.1. The van der Waals surface area contributed by atoms with Crippen LogP contribution in [-0.4, -0.2) is 42.3 Å². The second-order valence-corrected chi connectivity index (χ2v) is 7.46. The van der Waals surface area contributed by atoms with Crippen LogP contribution in [0.2, 0.25) is 0 Å². The fourth-order valence-electron chi connectivity index (χ4n) is 2.85. The number of amides is 3. The standard InChI is InChI=1S/C22H33N3O5/c1-5-10-17(19(26)21(28)23-6-2)24-20(27)18(13-15(3)4)25-22(29)30-14-16-11-8-7-9-12-16/h7-9,11-12,15,17-18H,5-6,10,13-14H2,1-4H3,(H,23,28)(H,24,27)(H,25,29). The van der Waals surface area contributed by atoms with Gasteiger partial charge in [0.1, 0.15) is 12.6 Å². The Morgan fingerprint density at radius 1 is 0.967 bits per heavy atom. The van der Waals surface area contributed by atoms with Crippen molar-refractivity contribution in [1.82, 2.24) is 16.0 Å². The summed E-state index contributed by atoms with van der Waals surface area (Å²) in [6.07, 6.45) is 0.578. The van der Waals surface area contributed by atoms with E-state index < -0.39 is 35.8 Å². The number of carbonyl (C=O) groups excluding carboxylic acids is 4. The van der Waals surface area contributed by atoms with Crippen LogP contribution >= 0.6 is 0 Å². The molecule has 1 aromatic carbocycles. The van der Waals surface area contributed by atoms with Gasteiger partial charge in [0, 0.05) is 6.54 Å². The van der Waals surface area contributed by atoms with Gasteiger partial charge < -0.3 is 20.7 Å². The van der Waals surface area contributed by atoms with Crippen LogP contribution < -0.4 is 16.0 Å². The Labute approximate surface area is 178 Å². The zero-order valence-corrected chi connectivity index (χ0v) is 18.2. The first-order valence-corrected chi connectivity index (χ1v) is 10.4. The van der Waals surface area contributed by atoms with E-state index in [1.54, 1.807) is 6.92 Å². The molecule has 30 heavy (non-hydrogen) atoms. The Morgan fingerprint density at radius 3 is 2.20 bits per heavy atom. The number of nitrogens with one attached hydrogen (secondary N) is 3. The van der Waals surface area contributed by atoms with Crippen molar-refractivity contribution in [3.63, 3.8) is 0 Å². The molecule has 0 saturated carbocycles. The number of ketones is 1. The Balaban J connectivity index is 2.76. The minimum Gasteiger partial charge on any atom is -0.445 e. The smallest absolute Gasteiger partial charge is 0.408 e. The lowest BCUT2D eigenvalue weighted by Crippen LogP contribution is -2.54. The Bertz CT molecular complexity index is 706. The van der Waals surface area contributed by atoms with Crippen LogP contribution in [0.25, 0.3) is 0 Å². The van der Waals surface area contributed by atoms with Crippen molar-refractivity contribution in [3.05, 3.63) is 35.9 Å². The lowest BCUT2D eigenvalue weighted by atomic mass is 10.0. The van der Waals surface area contributed by atoms with Crippen LogP contribution in [0, 0.1) is 5.92 Å². The summed E-state index contributed by atoms with van der Waals surface area (Å²) in [4.78, 5) is 49.2. The monoisotopic (exact) mass is 419 g/mol. The van der Waals surface area contributed by atoms with Crippen LogP contribution in [0.3, 0.4) is 0 Å². The predicted molar refractivity (Wildman–Crippen MR) is 114 cm³/mol. The Kier molecular flexibility index (Phi) is 11.2. The molecule has 0 aliphatic carbocycles. The van der Waals surface area contributed by atoms with E-state index in [1.807, 2.05) is 51.1 Å². The average Bonchev–Trinajstić information content (AvgIpc) is 2.71. The third-order valence-corrected chi connectivity index (χ3v) is 4.30. The van der Waals surface area contributed by atoms with Crippen molar-refractivity contribution in [1.29, 1.82) is 0 Å². The Hall–Kier alpha value is -2.90. The minimum atomic E-state index is -0.939. The first-order valence-electron chi connectivity index (χ1n) is 10.4. The van der Waals surface area contributed by atoms with Gasteiger partial charge in [0.2, 0.25) is 11.7 Å². The molecular formula is C22H33N3O5. The number of ether oxygens (including phenoxy) is 1. The number of carbonyl (C=O) groups is 4. The van der Waals surface area contributed by atoms with Gasteiger partial charge in [-0.05, 0) is 31.2 Å². The normalized spacial score (nSPS) is 12.6. The van der Waals surface area contributed by atoms with Crippen LogP contribution in [-0.2, 0) is 25.7 Å². The molecule has 0 spiro atoms. The number of Topliss-reactive ketones (excluding diaryl/α,β-unsaturated/α-hetero) is 1. The number of hydrogen-bond acceptors (Lipinski definition) is 5. The number of rotatable bonds is 12. The van der Waals surface area contributed by atoms with Gasteiger partial charge in [0.05, 0.1) is 6.04 Å². The molecule has 0 aliphatic heterocycles. The molecule has 1 rings (SSSR count). The quantitative estimate of drug-likeness (QED) is 0.450. The predicted octanol–water partition coefficient (Wildman–Crippen LogP) is 2.32. The van der Waals surface area contributed by atoms with Gasteiger partial charge >= 0.3 is 6.09 Å². The lowest BCUT2D eigenvalue weighted by Gasteiger charge is -2.23. The molecule has 0 radical (unpaired) electrons. The summed E-state index contributed by atoms with van der Waals surface area (Å²) in [5.41, 5.74) is 0.827. The molecule has 0 aromatic heterocycles. The van der Waals surface area contributed by atoms with Crippen LogP contribution in [0.1, 0.15) is 52.5 Å². The minimum absolute atomic E-state index is 0.0802. The summed E-state index contributed by atoms with van der Waals surface area (Å²) >= 11 is 0. The molecule has 0 fully saturated rings. The molecule has 1 aromatic rings. The molecule has 0 heterocycles. The highest BCUT2D eigenvalue weighted by Crippen LogP contribution is 2.08. The van der Waals surface area contributed by atoms with Gasteiger partial charge in [-0.25, -0.2) is 4.79 Å². The molecule has 2 unspecified atom stereocenters. The van der Waals surface area contributed by atoms with Gasteiger partial charge in [-0.3, -0.25) is 14.4 Å². The molecule has 8 heteroatoms. The van der Waals surface area contributed by atoms with Gasteiger partial charge in [-0.1, -0.05) is 57.5 Å². The zero-order chi connectivity index (χ0) is 22.5. The highest BCUT2D eigenvalue weighted by Gasteiger charge is 2.30. The average molecular weight is 420 g/mol. The highest BCUT2D eigenvalue weighted by atomic mass is 16.5. The van der Waals surface area contributed by atoms with Crippen molar-refractivity contribution >= 4 is 23.7 Å². The van der Waals surface area contributed by atoms with E-state index in [1.165, 1.54) is 0 Å².